The van der Waals surface area contributed by atoms with Gasteiger partial charge in [0.1, 0.15) is 6.61 Å². The van der Waals surface area contributed by atoms with Crippen molar-refractivity contribution in [3.8, 4) is 0 Å². The van der Waals surface area contributed by atoms with Crippen LogP contribution >= 0.6 is 0 Å². The summed E-state index contributed by atoms with van der Waals surface area (Å²) in [5.41, 5.74) is 4.77. The normalized spacial score (nSPS) is 20.0. The van der Waals surface area contributed by atoms with Crippen LogP contribution in [0.2, 0.25) is 0 Å². The molecule has 1 aliphatic heterocycles. The van der Waals surface area contributed by atoms with Gasteiger partial charge in [-0.2, -0.15) is 0 Å². The van der Waals surface area contributed by atoms with Crippen molar-refractivity contribution in [3.05, 3.63) is 57.8 Å². The molecular weight excluding hydrogens is 306 g/mol. The summed E-state index contributed by atoms with van der Waals surface area (Å²) in [7, 11) is 1.78. The van der Waals surface area contributed by atoms with Crippen LogP contribution in [0.15, 0.2) is 46.7 Å². The van der Waals surface area contributed by atoms with Gasteiger partial charge in [-0.25, -0.2) is 9.59 Å². The lowest BCUT2D eigenvalue weighted by molar-refractivity contribution is -0.138. The lowest BCUT2D eigenvalue weighted by Gasteiger charge is -2.28. The maximum Gasteiger partial charge on any atom is 0.336 e. The lowest BCUT2D eigenvalue weighted by Crippen LogP contribution is -2.28. The van der Waals surface area contributed by atoms with Crippen molar-refractivity contribution in [2.75, 3.05) is 20.3 Å². The van der Waals surface area contributed by atoms with Gasteiger partial charge in [0, 0.05) is 19.2 Å². The third kappa shape index (κ3) is 2.60. The maximum atomic E-state index is 12.7. The fraction of sp³-hybridized carbons (Fsp3) is 0.368. The van der Waals surface area contributed by atoms with E-state index in [0.717, 1.165) is 22.4 Å². The highest BCUT2D eigenvalue weighted by molar-refractivity contribution is 6.01. The number of benzene rings is 1. The molecule has 0 saturated carbocycles. The van der Waals surface area contributed by atoms with Gasteiger partial charge in [-0.15, -0.1) is 0 Å². The third-order valence-corrected chi connectivity index (χ3v) is 4.57. The first-order chi connectivity index (χ1) is 11.6. The molecule has 0 aromatic heterocycles. The molecule has 5 nitrogen and oxygen atoms in total. The van der Waals surface area contributed by atoms with Crippen molar-refractivity contribution in [2.24, 2.45) is 0 Å². The summed E-state index contributed by atoms with van der Waals surface area (Å²) in [4.78, 5) is 25.0. The number of aryl methyl sites for hydroxylation is 1. The summed E-state index contributed by atoms with van der Waals surface area (Å²) in [6.07, 6.45) is 0.508. The number of hydrogen-bond acceptors (Lipinski definition) is 5. The minimum atomic E-state index is -0.452. The van der Waals surface area contributed by atoms with E-state index >= 15 is 0 Å². The van der Waals surface area contributed by atoms with Crippen molar-refractivity contribution in [1.82, 2.24) is 5.32 Å². The fourth-order valence-corrected chi connectivity index (χ4v) is 3.44. The van der Waals surface area contributed by atoms with Crippen molar-refractivity contribution >= 4 is 11.9 Å². The zero-order chi connectivity index (χ0) is 17.3. The monoisotopic (exact) mass is 327 g/mol. The number of cyclic esters (lactones) is 1. The first-order valence-electron chi connectivity index (χ1n) is 8.10. The molecule has 0 fully saturated rings. The topological polar surface area (TPSA) is 64.6 Å². The Labute approximate surface area is 141 Å². The Hall–Kier alpha value is -2.56. The van der Waals surface area contributed by atoms with Gasteiger partial charge >= 0.3 is 11.9 Å². The van der Waals surface area contributed by atoms with Crippen molar-refractivity contribution in [3.63, 3.8) is 0 Å². The van der Waals surface area contributed by atoms with E-state index in [9.17, 15) is 9.59 Å². The number of ether oxygens (including phenoxy) is 2. The molecule has 0 radical (unpaired) electrons. The molecule has 2 aliphatic rings. The molecule has 1 aromatic rings. The van der Waals surface area contributed by atoms with Crippen LogP contribution in [0.25, 0.3) is 0 Å². The smallest absolute Gasteiger partial charge is 0.336 e. The second kappa shape index (κ2) is 6.51. The molecule has 0 amide bonds. The maximum absolute atomic E-state index is 12.7. The van der Waals surface area contributed by atoms with E-state index in [1.807, 2.05) is 31.2 Å². The van der Waals surface area contributed by atoms with E-state index in [4.69, 9.17) is 9.47 Å². The summed E-state index contributed by atoms with van der Waals surface area (Å²) in [5, 5.41) is 3.12. The molecule has 0 bridgehead atoms. The van der Waals surface area contributed by atoms with E-state index in [-0.39, 0.29) is 25.2 Å². The molecule has 1 aliphatic carbocycles. The van der Waals surface area contributed by atoms with Crippen LogP contribution in [0.5, 0.6) is 0 Å². The summed E-state index contributed by atoms with van der Waals surface area (Å²) < 4.78 is 10.5. The van der Waals surface area contributed by atoms with E-state index in [2.05, 4.69) is 5.32 Å². The quantitative estimate of drug-likeness (QED) is 0.860. The zero-order valence-electron chi connectivity index (χ0n) is 14.1. The average molecular weight is 327 g/mol. The number of allylic oxidation sites excluding steroid dienone is 1. The van der Waals surface area contributed by atoms with Crippen LogP contribution in [0.4, 0.5) is 0 Å². The molecule has 1 aromatic carbocycles. The second-order valence-electron chi connectivity index (χ2n) is 5.92. The number of carbonyl (C=O) groups excluding carboxylic acids is 2. The zero-order valence-corrected chi connectivity index (χ0v) is 14.1. The number of hydrogen-bond donors (Lipinski definition) is 1. The Morgan fingerprint density at radius 2 is 2.12 bits per heavy atom. The average Bonchev–Trinajstić information content (AvgIpc) is 2.95. The van der Waals surface area contributed by atoms with Gasteiger partial charge in [-0.05, 0) is 30.5 Å². The Morgan fingerprint density at radius 3 is 2.79 bits per heavy atom. The van der Waals surface area contributed by atoms with E-state index in [1.54, 1.807) is 14.0 Å². The van der Waals surface area contributed by atoms with Crippen LogP contribution in [-0.4, -0.2) is 32.2 Å². The van der Waals surface area contributed by atoms with E-state index < -0.39 is 5.92 Å². The first-order valence-corrected chi connectivity index (χ1v) is 8.10. The third-order valence-electron chi connectivity index (χ3n) is 4.57. The van der Waals surface area contributed by atoms with Crippen LogP contribution in [0.1, 0.15) is 30.4 Å². The van der Waals surface area contributed by atoms with Gasteiger partial charge in [-0.1, -0.05) is 24.3 Å². The first kappa shape index (κ1) is 16.3. The Bertz CT molecular complexity index is 760. The Kier molecular flexibility index (Phi) is 4.42. The molecule has 1 atom stereocenters. The number of rotatable bonds is 4. The standard InChI is InChI=1S/C19H21NO4/c1-4-23-19(22)17-14(20-3)9-12-10-24-18(21)15(12)16(17)13-8-6-5-7-11(13)2/h5-8,16,20H,4,9-10H2,1-3H3. The van der Waals surface area contributed by atoms with E-state index in [0.29, 0.717) is 17.6 Å². The fourth-order valence-electron chi connectivity index (χ4n) is 3.44. The number of carbonyl (C=O) groups is 2. The van der Waals surface area contributed by atoms with Gasteiger partial charge in [0.15, 0.2) is 0 Å². The predicted octanol–water partition coefficient (Wildman–Crippen LogP) is 2.37. The highest BCUT2D eigenvalue weighted by Gasteiger charge is 2.42. The summed E-state index contributed by atoms with van der Waals surface area (Å²) in [5.74, 6) is -1.18. The Morgan fingerprint density at radius 1 is 1.38 bits per heavy atom. The Balaban J connectivity index is 2.20. The summed E-state index contributed by atoms with van der Waals surface area (Å²) in [6, 6.07) is 7.79. The minimum absolute atomic E-state index is 0.288. The lowest BCUT2D eigenvalue weighted by atomic mass is 9.75. The molecule has 3 rings (SSSR count). The van der Waals surface area contributed by atoms with Gasteiger partial charge in [0.2, 0.25) is 0 Å². The van der Waals surface area contributed by atoms with Gasteiger partial charge < -0.3 is 14.8 Å². The van der Waals surface area contributed by atoms with Crippen molar-refractivity contribution < 1.29 is 19.1 Å². The van der Waals surface area contributed by atoms with Crippen LogP contribution < -0.4 is 5.32 Å². The highest BCUT2D eigenvalue weighted by atomic mass is 16.5. The van der Waals surface area contributed by atoms with Crippen molar-refractivity contribution in [2.45, 2.75) is 26.2 Å². The molecule has 24 heavy (non-hydrogen) atoms. The molecule has 1 heterocycles. The van der Waals surface area contributed by atoms with Crippen LogP contribution in [0.3, 0.4) is 0 Å². The molecule has 0 saturated heterocycles. The summed E-state index contributed by atoms with van der Waals surface area (Å²) >= 11 is 0. The molecule has 1 N–H and O–H groups in total. The van der Waals surface area contributed by atoms with Crippen LogP contribution in [0, 0.1) is 6.92 Å². The highest BCUT2D eigenvalue weighted by Crippen LogP contribution is 2.45. The van der Waals surface area contributed by atoms with Crippen LogP contribution in [-0.2, 0) is 19.1 Å². The molecule has 126 valence electrons. The van der Waals surface area contributed by atoms with E-state index in [1.165, 1.54) is 0 Å². The molecule has 1 unspecified atom stereocenters. The second-order valence-corrected chi connectivity index (χ2v) is 5.92. The molecule has 5 heteroatoms. The molecular formula is C19H21NO4. The number of nitrogens with one attached hydrogen (secondary N) is 1. The van der Waals surface area contributed by atoms with Gasteiger partial charge in [-0.3, -0.25) is 0 Å². The van der Waals surface area contributed by atoms with Gasteiger partial charge in [0.25, 0.3) is 0 Å². The molecule has 0 spiro atoms. The predicted molar refractivity (Wildman–Crippen MR) is 89.2 cm³/mol. The largest absolute Gasteiger partial charge is 0.463 e. The van der Waals surface area contributed by atoms with Crippen molar-refractivity contribution in [1.29, 1.82) is 0 Å². The minimum Gasteiger partial charge on any atom is -0.463 e. The summed E-state index contributed by atoms with van der Waals surface area (Å²) in [6.45, 7) is 4.33. The SMILES string of the molecule is CCOC(=O)C1=C(NC)CC2=C(C(=O)OC2)C1c1ccccc1C. The van der Waals surface area contributed by atoms with Gasteiger partial charge in [0.05, 0.1) is 23.7 Å². The number of esters is 2.